The van der Waals surface area contributed by atoms with Crippen LogP contribution < -0.4 is 4.90 Å². The van der Waals surface area contributed by atoms with E-state index in [0.717, 1.165) is 30.2 Å². The molecule has 0 radical (unpaired) electrons. The lowest BCUT2D eigenvalue weighted by Gasteiger charge is -2.27. The lowest BCUT2D eigenvalue weighted by molar-refractivity contribution is 0.0251. The molecular weight excluding hydrogens is 276 g/mol. The number of fused-ring (bicyclic) bond motifs is 2. The normalized spacial score (nSPS) is 26.6. The molecule has 0 amide bonds. The van der Waals surface area contributed by atoms with E-state index in [1.54, 1.807) is 0 Å². The molecule has 0 aromatic carbocycles. The minimum absolute atomic E-state index is 0.270. The number of hydrogen-bond acceptors (Lipinski definition) is 5. The maximum Gasteiger partial charge on any atom is 0.225 e. The highest BCUT2D eigenvalue weighted by Crippen LogP contribution is 2.41. The van der Waals surface area contributed by atoms with Crippen LogP contribution in [0, 0.1) is 12.8 Å². The van der Waals surface area contributed by atoms with Crippen LogP contribution in [0.2, 0.25) is 0 Å². The molecule has 22 heavy (non-hydrogen) atoms. The molecule has 4 rings (SSSR count). The highest BCUT2D eigenvalue weighted by Gasteiger charge is 2.48. The van der Waals surface area contributed by atoms with Gasteiger partial charge in [0, 0.05) is 31.1 Å². The van der Waals surface area contributed by atoms with Gasteiger partial charge in [0.05, 0.1) is 24.4 Å². The van der Waals surface area contributed by atoms with E-state index < -0.39 is 0 Å². The number of aryl methyl sites for hydroxylation is 1. The van der Waals surface area contributed by atoms with E-state index in [2.05, 4.69) is 19.9 Å². The standard InChI is InChI=1S/C17H20N4O/c1-12-8-19-17(20-9-12)21-10-13-5-6-15(21)16(13)22-11-14-4-2-3-7-18-14/h2-4,7-9,13,15-16H,5-6,10-11H2,1H3/t13-,15+,16-/m1/s1. The fourth-order valence-electron chi connectivity index (χ4n) is 3.62. The van der Waals surface area contributed by atoms with Crippen molar-refractivity contribution in [2.24, 2.45) is 5.92 Å². The molecule has 0 N–H and O–H groups in total. The van der Waals surface area contributed by atoms with Crippen molar-refractivity contribution < 1.29 is 4.74 Å². The van der Waals surface area contributed by atoms with Gasteiger partial charge in [0.25, 0.3) is 0 Å². The van der Waals surface area contributed by atoms with E-state index in [1.165, 1.54) is 6.42 Å². The van der Waals surface area contributed by atoms with Crippen LogP contribution in [0.1, 0.15) is 24.1 Å². The van der Waals surface area contributed by atoms with Gasteiger partial charge in [-0.3, -0.25) is 4.98 Å². The minimum Gasteiger partial charge on any atom is -0.369 e. The number of rotatable bonds is 4. The Morgan fingerprint density at radius 2 is 2.05 bits per heavy atom. The summed E-state index contributed by atoms with van der Waals surface area (Å²) in [7, 11) is 0. The summed E-state index contributed by atoms with van der Waals surface area (Å²) in [5.41, 5.74) is 2.09. The van der Waals surface area contributed by atoms with Crippen molar-refractivity contribution in [3.8, 4) is 0 Å². The minimum atomic E-state index is 0.270. The van der Waals surface area contributed by atoms with Crippen molar-refractivity contribution in [3.05, 3.63) is 48.0 Å². The Morgan fingerprint density at radius 3 is 2.82 bits per heavy atom. The van der Waals surface area contributed by atoms with Crippen LogP contribution in [0.3, 0.4) is 0 Å². The monoisotopic (exact) mass is 296 g/mol. The molecule has 0 spiro atoms. The molecule has 5 nitrogen and oxygen atoms in total. The largest absolute Gasteiger partial charge is 0.369 e. The summed E-state index contributed by atoms with van der Waals surface area (Å²) in [5.74, 6) is 1.42. The molecular formula is C17H20N4O. The Morgan fingerprint density at radius 1 is 1.18 bits per heavy atom. The van der Waals surface area contributed by atoms with Crippen molar-refractivity contribution in [2.45, 2.75) is 38.5 Å². The van der Waals surface area contributed by atoms with E-state index in [-0.39, 0.29) is 6.10 Å². The summed E-state index contributed by atoms with van der Waals surface area (Å²) in [6, 6.07) is 6.34. The summed E-state index contributed by atoms with van der Waals surface area (Å²) >= 11 is 0. The zero-order valence-electron chi connectivity index (χ0n) is 12.7. The maximum absolute atomic E-state index is 6.19. The van der Waals surface area contributed by atoms with Crippen LogP contribution >= 0.6 is 0 Å². The number of piperidine rings is 1. The van der Waals surface area contributed by atoms with Gasteiger partial charge in [-0.15, -0.1) is 0 Å². The molecule has 2 fully saturated rings. The van der Waals surface area contributed by atoms with Crippen molar-refractivity contribution in [3.63, 3.8) is 0 Å². The highest BCUT2D eigenvalue weighted by molar-refractivity contribution is 5.37. The van der Waals surface area contributed by atoms with Gasteiger partial charge in [-0.2, -0.15) is 0 Å². The summed E-state index contributed by atoms with van der Waals surface area (Å²) in [6.45, 7) is 3.60. The van der Waals surface area contributed by atoms with Crippen LogP contribution in [-0.2, 0) is 11.3 Å². The Hall–Kier alpha value is -2.01. The van der Waals surface area contributed by atoms with Gasteiger partial charge in [0.15, 0.2) is 0 Å². The maximum atomic E-state index is 6.19. The zero-order chi connectivity index (χ0) is 14.9. The first-order valence-corrected chi connectivity index (χ1v) is 7.88. The van der Waals surface area contributed by atoms with E-state index in [1.807, 2.05) is 43.7 Å². The topological polar surface area (TPSA) is 51.1 Å². The van der Waals surface area contributed by atoms with Gasteiger partial charge in [-0.25, -0.2) is 9.97 Å². The SMILES string of the molecule is Cc1cnc(N2C[C@H]3CC[C@H]2[C@@H]3OCc2ccccn2)nc1. The van der Waals surface area contributed by atoms with E-state index in [0.29, 0.717) is 18.6 Å². The molecule has 3 atom stereocenters. The van der Waals surface area contributed by atoms with Gasteiger partial charge < -0.3 is 9.64 Å². The summed E-state index contributed by atoms with van der Waals surface area (Å²) in [4.78, 5) is 15.6. The van der Waals surface area contributed by atoms with Crippen molar-refractivity contribution in [2.75, 3.05) is 11.4 Å². The third kappa shape index (κ3) is 2.46. The van der Waals surface area contributed by atoms with Crippen LogP contribution in [0.5, 0.6) is 0 Å². The van der Waals surface area contributed by atoms with Gasteiger partial charge in [0.2, 0.25) is 5.95 Å². The number of aromatic nitrogens is 3. The van der Waals surface area contributed by atoms with Gasteiger partial charge in [-0.1, -0.05) is 6.07 Å². The van der Waals surface area contributed by atoms with Crippen LogP contribution in [0.25, 0.3) is 0 Å². The number of ether oxygens (including phenoxy) is 1. The fraction of sp³-hybridized carbons (Fsp3) is 0.471. The van der Waals surface area contributed by atoms with Gasteiger partial charge >= 0.3 is 0 Å². The quantitative estimate of drug-likeness (QED) is 0.867. The van der Waals surface area contributed by atoms with E-state index in [9.17, 15) is 0 Å². The fourth-order valence-corrected chi connectivity index (χ4v) is 3.62. The lowest BCUT2D eigenvalue weighted by atomic mass is 10.1. The van der Waals surface area contributed by atoms with Gasteiger partial charge in [-0.05, 0) is 37.5 Å². The first kappa shape index (κ1) is 13.6. The predicted octanol–water partition coefficient (Wildman–Crippen LogP) is 2.36. The molecule has 1 saturated carbocycles. The predicted molar refractivity (Wildman–Crippen MR) is 83.4 cm³/mol. The zero-order valence-corrected chi connectivity index (χ0v) is 12.7. The highest BCUT2D eigenvalue weighted by atomic mass is 16.5. The first-order chi connectivity index (χ1) is 10.8. The second-order valence-corrected chi connectivity index (χ2v) is 6.21. The Balaban J connectivity index is 1.45. The third-order valence-electron chi connectivity index (χ3n) is 4.68. The molecule has 5 heteroatoms. The molecule has 114 valence electrons. The van der Waals surface area contributed by atoms with Crippen molar-refractivity contribution >= 4 is 5.95 Å². The molecule has 2 aromatic rings. The van der Waals surface area contributed by atoms with Crippen LogP contribution in [-0.4, -0.2) is 33.6 Å². The average molecular weight is 296 g/mol. The first-order valence-electron chi connectivity index (χ1n) is 7.88. The second kappa shape index (κ2) is 5.65. The Kier molecular flexibility index (Phi) is 3.50. The number of anilines is 1. The summed E-state index contributed by atoms with van der Waals surface area (Å²) in [5, 5.41) is 0. The van der Waals surface area contributed by atoms with Crippen LogP contribution in [0.4, 0.5) is 5.95 Å². The Labute approximate surface area is 130 Å². The van der Waals surface area contributed by atoms with Crippen molar-refractivity contribution in [1.82, 2.24) is 15.0 Å². The average Bonchev–Trinajstić information content (AvgIpc) is 3.11. The van der Waals surface area contributed by atoms with Crippen LogP contribution in [0.15, 0.2) is 36.8 Å². The number of pyridine rings is 1. The molecule has 2 aromatic heterocycles. The lowest BCUT2D eigenvalue weighted by Crippen LogP contribution is -2.36. The molecule has 3 heterocycles. The number of hydrogen-bond donors (Lipinski definition) is 0. The molecule has 0 unspecified atom stereocenters. The molecule has 2 bridgehead atoms. The molecule has 2 aliphatic rings. The smallest absolute Gasteiger partial charge is 0.225 e. The summed E-state index contributed by atoms with van der Waals surface area (Å²) in [6.07, 6.45) is 8.26. The Bertz CT molecular complexity index is 631. The number of nitrogens with zero attached hydrogens (tertiary/aromatic N) is 4. The second-order valence-electron chi connectivity index (χ2n) is 6.21. The molecule has 1 saturated heterocycles. The third-order valence-corrected chi connectivity index (χ3v) is 4.68. The van der Waals surface area contributed by atoms with E-state index in [4.69, 9.17) is 4.74 Å². The summed E-state index contributed by atoms with van der Waals surface area (Å²) < 4.78 is 6.19. The molecule has 1 aliphatic heterocycles. The van der Waals surface area contributed by atoms with E-state index >= 15 is 0 Å². The van der Waals surface area contributed by atoms with Crippen molar-refractivity contribution in [1.29, 1.82) is 0 Å². The molecule has 1 aliphatic carbocycles. The van der Waals surface area contributed by atoms with Gasteiger partial charge in [0.1, 0.15) is 0 Å².